The Balaban J connectivity index is 1.26. The molecule has 5 nitrogen and oxygen atoms in total. The largest absolute Gasteiger partial charge is 0.423 e. The molecule has 5 heteroatoms. The molecule has 1 N–H and O–H groups in total. The third-order valence-electron chi connectivity index (χ3n) is 5.66. The molecule has 146 valence electrons. The summed E-state index contributed by atoms with van der Waals surface area (Å²) < 4.78 is 5.93. The normalized spacial score (nSPS) is 17.0. The highest BCUT2D eigenvalue weighted by atomic mass is 16.4. The van der Waals surface area contributed by atoms with Gasteiger partial charge in [0.2, 0.25) is 0 Å². The Morgan fingerprint density at radius 1 is 1.07 bits per heavy atom. The second-order valence-electron chi connectivity index (χ2n) is 7.66. The number of para-hydroxylation sites is 2. The van der Waals surface area contributed by atoms with Gasteiger partial charge in [0.1, 0.15) is 5.52 Å². The number of nitrogens with zero attached hydrogens (tertiary/aromatic N) is 2. The summed E-state index contributed by atoms with van der Waals surface area (Å²) in [5, 5.41) is 5.22. The van der Waals surface area contributed by atoms with Crippen LogP contribution in [0, 0.1) is 5.92 Å². The van der Waals surface area contributed by atoms with E-state index in [1.807, 2.05) is 66.7 Å². The lowest BCUT2D eigenvalue weighted by Gasteiger charge is -2.31. The Kier molecular flexibility index (Phi) is 4.64. The number of amides is 1. The maximum absolute atomic E-state index is 12.8. The first-order chi connectivity index (χ1) is 14.3. The number of fused-ring (bicyclic) bond motifs is 2. The lowest BCUT2D eigenvalue weighted by molar-refractivity contribution is 0.0947. The minimum absolute atomic E-state index is 0.0132. The van der Waals surface area contributed by atoms with Crippen LogP contribution in [-0.4, -0.2) is 30.5 Å². The van der Waals surface area contributed by atoms with Crippen molar-refractivity contribution in [3.63, 3.8) is 0 Å². The Bertz CT molecular complexity index is 1130. The minimum Gasteiger partial charge on any atom is -0.423 e. The predicted molar refractivity (Wildman–Crippen MR) is 115 cm³/mol. The smallest absolute Gasteiger partial charge is 0.298 e. The fourth-order valence-electron chi connectivity index (χ4n) is 4.16. The maximum atomic E-state index is 12.8. The lowest BCUT2D eigenvalue weighted by Crippen LogP contribution is -2.41. The van der Waals surface area contributed by atoms with E-state index in [1.165, 1.54) is 0 Å². The molecule has 29 heavy (non-hydrogen) atoms. The molecule has 0 aliphatic carbocycles. The number of rotatable bonds is 4. The van der Waals surface area contributed by atoms with Gasteiger partial charge in [-0.1, -0.05) is 48.5 Å². The number of anilines is 1. The molecule has 1 atom stereocenters. The first-order valence-corrected chi connectivity index (χ1v) is 10.1. The van der Waals surface area contributed by atoms with E-state index in [2.05, 4.69) is 15.2 Å². The molecule has 1 amide bonds. The van der Waals surface area contributed by atoms with Crippen molar-refractivity contribution >= 4 is 33.8 Å². The van der Waals surface area contributed by atoms with Gasteiger partial charge in [-0.25, -0.2) is 0 Å². The van der Waals surface area contributed by atoms with Gasteiger partial charge in [0, 0.05) is 25.2 Å². The first kappa shape index (κ1) is 17.7. The van der Waals surface area contributed by atoms with E-state index < -0.39 is 0 Å². The van der Waals surface area contributed by atoms with Crippen LogP contribution in [0.25, 0.3) is 21.9 Å². The highest BCUT2D eigenvalue weighted by Crippen LogP contribution is 2.26. The number of carbonyl (C=O) groups excluding carboxylic acids is 1. The average Bonchev–Trinajstić information content (AvgIpc) is 3.22. The van der Waals surface area contributed by atoms with Gasteiger partial charge in [0.25, 0.3) is 11.9 Å². The molecule has 0 saturated carbocycles. The molecule has 1 fully saturated rings. The van der Waals surface area contributed by atoms with Crippen molar-refractivity contribution in [2.24, 2.45) is 5.92 Å². The predicted octanol–water partition coefficient (Wildman–Crippen LogP) is 4.63. The molecule has 0 radical (unpaired) electrons. The molecule has 3 aromatic carbocycles. The van der Waals surface area contributed by atoms with Crippen molar-refractivity contribution in [2.45, 2.75) is 12.8 Å². The topological polar surface area (TPSA) is 58.4 Å². The van der Waals surface area contributed by atoms with E-state index >= 15 is 0 Å². The van der Waals surface area contributed by atoms with Crippen LogP contribution in [0.2, 0.25) is 0 Å². The summed E-state index contributed by atoms with van der Waals surface area (Å²) in [7, 11) is 0. The zero-order valence-corrected chi connectivity index (χ0v) is 16.2. The summed E-state index contributed by atoms with van der Waals surface area (Å²) in [4.78, 5) is 19.6. The first-order valence-electron chi connectivity index (χ1n) is 10.1. The fourth-order valence-corrected chi connectivity index (χ4v) is 4.16. The van der Waals surface area contributed by atoms with Gasteiger partial charge in [0.15, 0.2) is 5.58 Å². The lowest BCUT2D eigenvalue weighted by atomic mass is 9.98. The number of benzene rings is 3. The number of hydrogen-bond donors (Lipinski definition) is 1. The Hall–Kier alpha value is -3.34. The van der Waals surface area contributed by atoms with Crippen molar-refractivity contribution in [2.75, 3.05) is 24.5 Å². The number of aromatic nitrogens is 1. The summed E-state index contributed by atoms with van der Waals surface area (Å²) in [5.74, 6) is 0.360. The number of nitrogens with one attached hydrogen (secondary N) is 1. The highest BCUT2D eigenvalue weighted by molar-refractivity contribution is 6.07. The van der Waals surface area contributed by atoms with Crippen molar-refractivity contribution in [1.29, 1.82) is 0 Å². The molecule has 0 bridgehead atoms. The van der Waals surface area contributed by atoms with Gasteiger partial charge >= 0.3 is 0 Å². The van der Waals surface area contributed by atoms with Gasteiger partial charge in [-0.3, -0.25) is 4.79 Å². The van der Waals surface area contributed by atoms with Crippen LogP contribution < -0.4 is 10.2 Å². The van der Waals surface area contributed by atoms with Crippen molar-refractivity contribution in [1.82, 2.24) is 10.3 Å². The quantitative estimate of drug-likeness (QED) is 0.557. The summed E-state index contributed by atoms with van der Waals surface area (Å²) >= 11 is 0. The Morgan fingerprint density at radius 2 is 1.90 bits per heavy atom. The fraction of sp³-hybridized carbons (Fsp3) is 0.250. The van der Waals surface area contributed by atoms with Crippen LogP contribution in [-0.2, 0) is 0 Å². The van der Waals surface area contributed by atoms with E-state index in [1.54, 1.807) is 0 Å². The Morgan fingerprint density at radius 3 is 2.83 bits per heavy atom. The van der Waals surface area contributed by atoms with E-state index in [-0.39, 0.29) is 5.91 Å². The van der Waals surface area contributed by atoms with Crippen molar-refractivity contribution < 1.29 is 9.21 Å². The second-order valence-corrected chi connectivity index (χ2v) is 7.66. The average molecular weight is 385 g/mol. The standard InChI is InChI=1S/C24H23N3O2/c28-23(20-11-5-9-18-8-1-2-10-19(18)20)25-15-17-7-6-14-27(16-17)24-26-21-12-3-4-13-22(21)29-24/h1-5,8-13,17H,6-7,14-16H2,(H,25,28). The minimum atomic E-state index is -0.0132. The van der Waals surface area contributed by atoms with Crippen LogP contribution in [0.1, 0.15) is 23.2 Å². The van der Waals surface area contributed by atoms with Crippen molar-refractivity contribution in [3.8, 4) is 0 Å². The van der Waals surface area contributed by atoms with Gasteiger partial charge in [0.05, 0.1) is 0 Å². The van der Waals surface area contributed by atoms with Crippen LogP contribution in [0.4, 0.5) is 6.01 Å². The van der Waals surface area contributed by atoms with Crippen LogP contribution in [0.5, 0.6) is 0 Å². The zero-order valence-electron chi connectivity index (χ0n) is 16.2. The zero-order chi connectivity index (χ0) is 19.6. The molecule has 5 rings (SSSR count). The summed E-state index contributed by atoms with van der Waals surface area (Å²) in [6.07, 6.45) is 2.15. The molecule has 1 aliphatic heterocycles. The third-order valence-corrected chi connectivity index (χ3v) is 5.66. The molecule has 1 aliphatic rings. The van der Waals surface area contributed by atoms with Gasteiger partial charge in [-0.15, -0.1) is 0 Å². The van der Waals surface area contributed by atoms with Crippen LogP contribution in [0.15, 0.2) is 71.1 Å². The molecule has 1 saturated heterocycles. The van der Waals surface area contributed by atoms with E-state index in [0.29, 0.717) is 18.5 Å². The molecule has 4 aromatic rings. The second kappa shape index (κ2) is 7.59. The maximum Gasteiger partial charge on any atom is 0.298 e. The van der Waals surface area contributed by atoms with E-state index in [4.69, 9.17) is 4.42 Å². The van der Waals surface area contributed by atoms with Gasteiger partial charge in [-0.05, 0) is 47.7 Å². The Labute approximate surface area is 169 Å². The third kappa shape index (κ3) is 3.56. The summed E-state index contributed by atoms with van der Waals surface area (Å²) in [6, 6.07) is 22.4. The van der Waals surface area contributed by atoms with Crippen LogP contribution >= 0.6 is 0 Å². The molecular weight excluding hydrogens is 362 g/mol. The highest BCUT2D eigenvalue weighted by Gasteiger charge is 2.24. The molecule has 0 spiro atoms. The summed E-state index contributed by atoms with van der Waals surface area (Å²) in [6.45, 7) is 2.42. The molecule has 1 aromatic heterocycles. The van der Waals surface area contributed by atoms with Gasteiger partial charge in [-0.2, -0.15) is 4.98 Å². The monoisotopic (exact) mass is 385 g/mol. The van der Waals surface area contributed by atoms with E-state index in [0.717, 1.165) is 53.4 Å². The van der Waals surface area contributed by atoms with Crippen LogP contribution in [0.3, 0.4) is 0 Å². The molecule has 2 heterocycles. The number of hydrogen-bond acceptors (Lipinski definition) is 4. The summed E-state index contributed by atoms with van der Waals surface area (Å²) in [5.41, 5.74) is 2.43. The number of carbonyl (C=O) groups is 1. The number of oxazole rings is 1. The van der Waals surface area contributed by atoms with Gasteiger partial charge < -0.3 is 14.6 Å². The SMILES string of the molecule is O=C(NCC1CCCN(c2nc3ccccc3o2)C1)c1cccc2ccccc12. The van der Waals surface area contributed by atoms with E-state index in [9.17, 15) is 4.79 Å². The number of piperidine rings is 1. The molecule has 1 unspecified atom stereocenters. The van der Waals surface area contributed by atoms with Crippen molar-refractivity contribution in [3.05, 3.63) is 72.3 Å². The molecular formula is C24H23N3O2.